The molecule has 0 aliphatic heterocycles. The van der Waals surface area contributed by atoms with Crippen LogP contribution in [0.4, 0.5) is 0 Å². The van der Waals surface area contributed by atoms with Crippen LogP contribution in [0.1, 0.15) is 48.8 Å². The molecule has 0 bridgehead atoms. The van der Waals surface area contributed by atoms with Crippen LogP contribution in [0.5, 0.6) is 0 Å². The van der Waals surface area contributed by atoms with E-state index < -0.39 is 0 Å². The predicted octanol–water partition coefficient (Wildman–Crippen LogP) is 4.33. The Morgan fingerprint density at radius 3 is 2.22 bits per heavy atom. The Bertz CT molecular complexity index is 374. The summed E-state index contributed by atoms with van der Waals surface area (Å²) in [5.74, 6) is 0.734. The quantitative estimate of drug-likeness (QED) is 0.799. The van der Waals surface area contributed by atoms with Crippen LogP contribution in [-0.2, 0) is 6.54 Å². The van der Waals surface area contributed by atoms with Gasteiger partial charge in [-0.05, 0) is 32.3 Å². The summed E-state index contributed by atoms with van der Waals surface area (Å²) in [5.41, 5.74) is 4.24. The van der Waals surface area contributed by atoms with Gasteiger partial charge in [0.2, 0.25) is 0 Å². The van der Waals surface area contributed by atoms with Crippen LogP contribution in [-0.4, -0.2) is 11.4 Å². The second kappa shape index (κ2) is 6.08. The van der Waals surface area contributed by atoms with Crippen molar-refractivity contribution in [2.45, 2.75) is 58.0 Å². The average Bonchev–Trinajstić information content (AvgIpc) is 2.36. The van der Waals surface area contributed by atoms with E-state index >= 15 is 0 Å². The van der Waals surface area contributed by atoms with Crippen molar-refractivity contribution in [2.24, 2.45) is 0 Å². The van der Waals surface area contributed by atoms with Crippen LogP contribution in [0.2, 0.25) is 0 Å². The molecule has 0 radical (unpaired) electrons. The third-order valence-electron chi connectivity index (χ3n) is 4.02. The van der Waals surface area contributed by atoms with Crippen LogP contribution in [0.3, 0.4) is 0 Å². The van der Waals surface area contributed by atoms with Gasteiger partial charge in [0.15, 0.2) is 0 Å². The number of benzene rings is 1. The van der Waals surface area contributed by atoms with Crippen LogP contribution in [0.25, 0.3) is 0 Å². The van der Waals surface area contributed by atoms with Gasteiger partial charge in [0, 0.05) is 18.0 Å². The molecule has 0 saturated heterocycles. The summed E-state index contributed by atoms with van der Waals surface area (Å²) in [6.45, 7) is 5.26. The number of rotatable bonds is 4. The molecule has 0 heterocycles. The maximum atomic E-state index is 6.20. The van der Waals surface area contributed by atoms with Crippen LogP contribution < -0.4 is 5.32 Å². The molecule has 1 fully saturated rings. The second-order valence-electron chi connectivity index (χ2n) is 5.82. The molecule has 1 aliphatic carbocycles. The van der Waals surface area contributed by atoms with E-state index in [1.54, 1.807) is 0 Å². The minimum atomic E-state index is 0.178. The number of alkyl halides is 1. The third kappa shape index (κ3) is 3.49. The standard InChI is InChI=1S/C16H24ClN/c1-13-8-14(2)10-15(9-13)11-18-16(12-17)6-4-3-5-7-16/h8-10,18H,3-7,11-12H2,1-2H3. The molecule has 18 heavy (non-hydrogen) atoms. The van der Waals surface area contributed by atoms with Gasteiger partial charge in [-0.3, -0.25) is 0 Å². The molecule has 2 heteroatoms. The van der Waals surface area contributed by atoms with Gasteiger partial charge in [-0.25, -0.2) is 0 Å². The minimum Gasteiger partial charge on any atom is -0.306 e. The van der Waals surface area contributed by atoms with E-state index in [0.717, 1.165) is 12.4 Å². The van der Waals surface area contributed by atoms with Gasteiger partial charge in [-0.2, -0.15) is 0 Å². The number of hydrogen-bond donors (Lipinski definition) is 1. The Morgan fingerprint density at radius 2 is 1.67 bits per heavy atom. The van der Waals surface area contributed by atoms with Crippen LogP contribution >= 0.6 is 11.6 Å². The van der Waals surface area contributed by atoms with Crippen molar-refractivity contribution in [3.8, 4) is 0 Å². The van der Waals surface area contributed by atoms with Gasteiger partial charge in [-0.1, -0.05) is 48.6 Å². The molecule has 100 valence electrons. The Kier molecular flexibility index (Phi) is 4.69. The summed E-state index contributed by atoms with van der Waals surface area (Å²) in [6, 6.07) is 6.76. The van der Waals surface area contributed by atoms with E-state index in [2.05, 4.69) is 37.4 Å². The smallest absolute Gasteiger partial charge is 0.0406 e. The van der Waals surface area contributed by atoms with Crippen molar-refractivity contribution in [3.05, 3.63) is 34.9 Å². The van der Waals surface area contributed by atoms with E-state index in [0.29, 0.717) is 0 Å². The van der Waals surface area contributed by atoms with Gasteiger partial charge >= 0.3 is 0 Å². The highest BCUT2D eigenvalue weighted by Gasteiger charge is 2.30. The number of hydrogen-bond acceptors (Lipinski definition) is 1. The lowest BCUT2D eigenvalue weighted by Crippen LogP contribution is -2.48. The normalized spacial score (nSPS) is 18.8. The summed E-state index contributed by atoms with van der Waals surface area (Å²) >= 11 is 6.20. The molecule has 1 aliphatic rings. The van der Waals surface area contributed by atoms with E-state index in [9.17, 15) is 0 Å². The SMILES string of the molecule is Cc1cc(C)cc(CNC2(CCl)CCCCC2)c1. The maximum absolute atomic E-state index is 6.20. The topological polar surface area (TPSA) is 12.0 Å². The molecule has 1 aromatic carbocycles. The summed E-state index contributed by atoms with van der Waals surface area (Å²) < 4.78 is 0. The molecule has 0 spiro atoms. The van der Waals surface area contributed by atoms with E-state index in [1.807, 2.05) is 0 Å². The maximum Gasteiger partial charge on any atom is 0.0406 e. The Balaban J connectivity index is 2.00. The highest BCUT2D eigenvalue weighted by Crippen LogP contribution is 2.29. The highest BCUT2D eigenvalue weighted by atomic mass is 35.5. The molecule has 0 aromatic heterocycles. The van der Waals surface area contributed by atoms with E-state index in [1.165, 1.54) is 48.8 Å². The highest BCUT2D eigenvalue weighted by molar-refractivity contribution is 6.18. The molecule has 1 N–H and O–H groups in total. The van der Waals surface area contributed by atoms with Gasteiger partial charge in [0.25, 0.3) is 0 Å². The van der Waals surface area contributed by atoms with Gasteiger partial charge in [0.05, 0.1) is 0 Å². The monoisotopic (exact) mass is 265 g/mol. The van der Waals surface area contributed by atoms with Crippen molar-refractivity contribution in [1.29, 1.82) is 0 Å². The summed E-state index contributed by atoms with van der Waals surface area (Å²) in [4.78, 5) is 0. The van der Waals surface area contributed by atoms with E-state index in [-0.39, 0.29) is 5.54 Å². The Morgan fingerprint density at radius 1 is 1.06 bits per heavy atom. The summed E-state index contributed by atoms with van der Waals surface area (Å²) in [7, 11) is 0. The Labute approximate surface area is 116 Å². The minimum absolute atomic E-state index is 0.178. The summed E-state index contributed by atoms with van der Waals surface area (Å²) in [6.07, 6.45) is 6.44. The first kappa shape index (κ1) is 13.9. The first-order valence-corrected chi connectivity index (χ1v) is 7.55. The van der Waals surface area contributed by atoms with Gasteiger partial charge in [0.1, 0.15) is 0 Å². The molecule has 2 rings (SSSR count). The predicted molar refractivity (Wildman–Crippen MR) is 79.3 cm³/mol. The lowest BCUT2D eigenvalue weighted by molar-refractivity contribution is 0.256. The Hall–Kier alpha value is -0.530. The zero-order valence-corrected chi connectivity index (χ0v) is 12.3. The van der Waals surface area contributed by atoms with E-state index in [4.69, 9.17) is 11.6 Å². The number of halogens is 1. The fourth-order valence-corrected chi connectivity index (χ4v) is 3.41. The molecular weight excluding hydrogens is 242 g/mol. The summed E-state index contributed by atoms with van der Waals surface area (Å²) in [5, 5.41) is 3.72. The van der Waals surface area contributed by atoms with Crippen molar-refractivity contribution >= 4 is 11.6 Å². The van der Waals surface area contributed by atoms with Crippen molar-refractivity contribution in [1.82, 2.24) is 5.32 Å². The lowest BCUT2D eigenvalue weighted by Gasteiger charge is -2.36. The van der Waals surface area contributed by atoms with Crippen LogP contribution in [0.15, 0.2) is 18.2 Å². The average molecular weight is 266 g/mol. The fourth-order valence-electron chi connectivity index (χ4n) is 3.05. The number of nitrogens with one attached hydrogen (secondary N) is 1. The zero-order chi connectivity index (χ0) is 13.0. The third-order valence-corrected chi connectivity index (χ3v) is 4.53. The fraction of sp³-hybridized carbons (Fsp3) is 0.625. The zero-order valence-electron chi connectivity index (χ0n) is 11.6. The van der Waals surface area contributed by atoms with Gasteiger partial charge < -0.3 is 5.32 Å². The second-order valence-corrected chi connectivity index (χ2v) is 6.09. The molecule has 0 atom stereocenters. The molecular formula is C16H24ClN. The molecule has 1 saturated carbocycles. The first-order valence-electron chi connectivity index (χ1n) is 7.02. The van der Waals surface area contributed by atoms with Crippen molar-refractivity contribution in [2.75, 3.05) is 5.88 Å². The lowest BCUT2D eigenvalue weighted by atomic mass is 9.83. The first-order chi connectivity index (χ1) is 8.63. The molecule has 0 amide bonds. The number of aryl methyl sites for hydroxylation is 2. The van der Waals surface area contributed by atoms with Crippen LogP contribution in [0, 0.1) is 13.8 Å². The molecule has 1 aromatic rings. The molecule has 1 nitrogen and oxygen atoms in total. The largest absolute Gasteiger partial charge is 0.306 e. The van der Waals surface area contributed by atoms with Gasteiger partial charge in [-0.15, -0.1) is 11.6 Å². The van der Waals surface area contributed by atoms with Crippen molar-refractivity contribution in [3.63, 3.8) is 0 Å². The molecule has 0 unspecified atom stereocenters. The van der Waals surface area contributed by atoms with Crippen molar-refractivity contribution < 1.29 is 0 Å².